The van der Waals surface area contributed by atoms with E-state index in [1.54, 1.807) is 19.1 Å². The van der Waals surface area contributed by atoms with Crippen LogP contribution in [0.15, 0.2) is 42.5 Å². The van der Waals surface area contributed by atoms with E-state index in [2.05, 4.69) is 22.2 Å². The number of benzene rings is 2. The fraction of sp³-hybridized carbons (Fsp3) is 0.393. The molecule has 1 fully saturated rings. The molecular weight excluding hydrogens is 561 g/mol. The van der Waals surface area contributed by atoms with Crippen molar-refractivity contribution in [1.82, 2.24) is 9.80 Å². The smallest absolute Gasteiger partial charge is 0.416 e. The molecule has 220 valence electrons. The third kappa shape index (κ3) is 6.97. The topological polar surface area (TPSA) is 97.2 Å². The van der Waals surface area contributed by atoms with Gasteiger partial charge in [0.15, 0.2) is 10.6 Å². The van der Waals surface area contributed by atoms with Gasteiger partial charge in [0.25, 0.3) is 5.69 Å². The number of likely N-dealkylation sites (N-methyl/N-ethyl adjacent to an activating group) is 1. The van der Waals surface area contributed by atoms with Gasteiger partial charge in [0.1, 0.15) is 16.8 Å². The van der Waals surface area contributed by atoms with Crippen LogP contribution in [0.5, 0.6) is 5.75 Å². The standard InChI is InChI=1S/C28H31F3N4O5S/c1-17-24(40-18(2)20-7-5-6-8-21(20)28(29,30)31)25(27(36)39-4)41-26(17)32-22-15-19(9-10-23(22)35(37)38)16-34-13-11-33(3)12-14-34/h5-10,15,18,32H,11-14,16H2,1-4H3/t18-/m1/s1. The number of ether oxygens (including phenoxy) is 2. The third-order valence-corrected chi connectivity index (χ3v) is 8.14. The Morgan fingerprint density at radius 2 is 1.85 bits per heavy atom. The molecule has 0 amide bonds. The van der Waals surface area contributed by atoms with Gasteiger partial charge in [-0.2, -0.15) is 13.2 Å². The van der Waals surface area contributed by atoms with Crippen LogP contribution in [0.2, 0.25) is 0 Å². The molecule has 9 nitrogen and oxygen atoms in total. The molecule has 1 aliphatic rings. The Morgan fingerprint density at radius 1 is 1.17 bits per heavy atom. The van der Waals surface area contributed by atoms with Crippen LogP contribution in [0.1, 0.15) is 45.0 Å². The van der Waals surface area contributed by atoms with Gasteiger partial charge in [-0.15, -0.1) is 11.3 Å². The molecule has 1 saturated heterocycles. The Labute approximate surface area is 239 Å². The fourth-order valence-corrected chi connectivity index (χ4v) is 5.74. The largest absolute Gasteiger partial charge is 0.484 e. The van der Waals surface area contributed by atoms with Gasteiger partial charge in [-0.25, -0.2) is 4.79 Å². The number of nitrogens with zero attached hydrogens (tertiary/aromatic N) is 3. The number of thiophene rings is 1. The normalized spacial score (nSPS) is 15.4. The van der Waals surface area contributed by atoms with Crippen molar-refractivity contribution in [3.05, 3.63) is 79.7 Å². The zero-order valence-electron chi connectivity index (χ0n) is 23.1. The molecule has 2 heterocycles. The lowest BCUT2D eigenvalue weighted by atomic mass is 10.0. The number of methoxy groups -OCH3 is 1. The highest BCUT2D eigenvalue weighted by Crippen LogP contribution is 2.45. The lowest BCUT2D eigenvalue weighted by Crippen LogP contribution is -2.43. The molecule has 1 atom stereocenters. The second kappa shape index (κ2) is 12.5. The second-order valence-electron chi connectivity index (χ2n) is 9.86. The van der Waals surface area contributed by atoms with Gasteiger partial charge in [0.2, 0.25) is 0 Å². The number of nitrogens with one attached hydrogen (secondary N) is 1. The fourth-order valence-electron chi connectivity index (χ4n) is 4.66. The molecule has 0 aliphatic carbocycles. The highest BCUT2D eigenvalue weighted by atomic mass is 32.1. The van der Waals surface area contributed by atoms with Crippen LogP contribution in [0.4, 0.5) is 29.5 Å². The van der Waals surface area contributed by atoms with Crippen LogP contribution in [0.3, 0.4) is 0 Å². The molecule has 3 aromatic rings. The summed E-state index contributed by atoms with van der Waals surface area (Å²) in [7, 11) is 3.24. The molecule has 41 heavy (non-hydrogen) atoms. The van der Waals surface area contributed by atoms with Gasteiger partial charge < -0.3 is 19.7 Å². The first-order valence-electron chi connectivity index (χ1n) is 12.9. The molecule has 4 rings (SSSR count). The summed E-state index contributed by atoms with van der Waals surface area (Å²) < 4.78 is 51.8. The Morgan fingerprint density at radius 3 is 2.49 bits per heavy atom. The number of carbonyl (C=O) groups is 1. The molecule has 1 N–H and O–H groups in total. The Balaban J connectivity index is 1.67. The molecule has 1 aromatic heterocycles. The highest BCUT2D eigenvalue weighted by molar-refractivity contribution is 7.18. The minimum Gasteiger partial charge on any atom is -0.484 e. The lowest BCUT2D eigenvalue weighted by molar-refractivity contribution is -0.383. The summed E-state index contributed by atoms with van der Waals surface area (Å²) in [6.45, 7) is 7.31. The minimum atomic E-state index is -4.59. The maximum absolute atomic E-state index is 13.6. The lowest BCUT2D eigenvalue weighted by Gasteiger charge is -2.32. The molecule has 0 unspecified atom stereocenters. The first-order valence-corrected chi connectivity index (χ1v) is 13.7. The van der Waals surface area contributed by atoms with E-state index in [1.165, 1.54) is 38.3 Å². The molecule has 1 aliphatic heterocycles. The van der Waals surface area contributed by atoms with Gasteiger partial charge in [-0.1, -0.05) is 24.3 Å². The maximum atomic E-state index is 13.6. The van der Waals surface area contributed by atoms with Gasteiger partial charge in [-0.3, -0.25) is 15.0 Å². The summed E-state index contributed by atoms with van der Waals surface area (Å²) in [6.07, 6.45) is -5.66. The molecular formula is C28H31F3N4O5S. The van der Waals surface area contributed by atoms with Gasteiger partial charge in [0.05, 0.1) is 17.6 Å². The van der Waals surface area contributed by atoms with Gasteiger partial charge in [-0.05, 0) is 38.6 Å². The molecule has 0 bridgehead atoms. The number of esters is 1. The SMILES string of the molecule is COC(=O)c1sc(Nc2cc(CN3CCN(C)CC3)ccc2[N+](=O)[O-])c(C)c1O[C@H](C)c1ccccc1C(F)(F)F. The first-order chi connectivity index (χ1) is 19.4. The van der Waals surface area contributed by atoms with Crippen LogP contribution in [0, 0.1) is 17.0 Å². The summed E-state index contributed by atoms with van der Waals surface area (Å²) in [4.78, 5) is 28.5. The zero-order valence-corrected chi connectivity index (χ0v) is 23.9. The van der Waals surface area contributed by atoms with E-state index in [0.717, 1.165) is 49.1 Å². The minimum absolute atomic E-state index is 0.0279. The number of alkyl halides is 3. The second-order valence-corrected chi connectivity index (χ2v) is 10.9. The van der Waals surface area contributed by atoms with Crippen molar-refractivity contribution in [2.24, 2.45) is 0 Å². The number of hydrogen-bond acceptors (Lipinski definition) is 9. The van der Waals surface area contributed by atoms with Crippen molar-refractivity contribution in [2.45, 2.75) is 32.7 Å². The highest BCUT2D eigenvalue weighted by Gasteiger charge is 2.35. The van der Waals surface area contributed by atoms with Crippen LogP contribution >= 0.6 is 11.3 Å². The van der Waals surface area contributed by atoms with Crippen LogP contribution in [-0.4, -0.2) is 61.0 Å². The molecule has 0 radical (unpaired) electrons. The van der Waals surface area contributed by atoms with E-state index in [1.807, 2.05) is 0 Å². The average molecular weight is 593 g/mol. The predicted octanol–water partition coefficient (Wildman–Crippen LogP) is 6.40. The van der Waals surface area contributed by atoms with E-state index in [4.69, 9.17) is 9.47 Å². The Kier molecular flexibility index (Phi) is 9.20. The van der Waals surface area contributed by atoms with E-state index in [-0.39, 0.29) is 27.6 Å². The number of carbonyl (C=O) groups excluding carboxylic acids is 1. The van der Waals surface area contributed by atoms with Crippen molar-refractivity contribution < 1.29 is 32.4 Å². The summed E-state index contributed by atoms with van der Waals surface area (Å²) in [5.74, 6) is -0.694. The number of rotatable bonds is 9. The third-order valence-electron chi connectivity index (χ3n) is 6.97. The molecule has 2 aromatic carbocycles. The van der Waals surface area contributed by atoms with Crippen molar-refractivity contribution in [1.29, 1.82) is 0 Å². The summed E-state index contributed by atoms with van der Waals surface area (Å²) in [6, 6.07) is 9.92. The predicted molar refractivity (Wildman–Crippen MR) is 150 cm³/mol. The van der Waals surface area contributed by atoms with Crippen molar-refractivity contribution in [2.75, 3.05) is 45.7 Å². The Bertz CT molecular complexity index is 1420. The summed E-state index contributed by atoms with van der Waals surface area (Å²) in [5, 5.41) is 15.3. The molecule has 13 heteroatoms. The van der Waals surface area contributed by atoms with E-state index >= 15 is 0 Å². The van der Waals surface area contributed by atoms with Crippen LogP contribution in [-0.2, 0) is 17.5 Å². The summed E-state index contributed by atoms with van der Waals surface area (Å²) in [5.41, 5.74) is 0.414. The Hall–Kier alpha value is -3.68. The van der Waals surface area contributed by atoms with Crippen molar-refractivity contribution >= 4 is 33.7 Å². The van der Waals surface area contributed by atoms with E-state index < -0.39 is 28.7 Å². The molecule has 0 saturated carbocycles. The van der Waals surface area contributed by atoms with Gasteiger partial charge >= 0.3 is 12.1 Å². The van der Waals surface area contributed by atoms with Crippen molar-refractivity contribution in [3.63, 3.8) is 0 Å². The average Bonchev–Trinajstić information content (AvgIpc) is 3.23. The number of nitro benzene ring substituents is 1. The number of nitro groups is 1. The van der Waals surface area contributed by atoms with Gasteiger partial charge in [0, 0.05) is 49.9 Å². The zero-order chi connectivity index (χ0) is 29.9. The van der Waals surface area contributed by atoms with Crippen molar-refractivity contribution in [3.8, 4) is 5.75 Å². The maximum Gasteiger partial charge on any atom is 0.416 e. The monoisotopic (exact) mass is 592 g/mol. The number of piperazine rings is 1. The number of halogens is 3. The van der Waals surface area contributed by atoms with E-state index in [9.17, 15) is 28.1 Å². The quantitative estimate of drug-likeness (QED) is 0.173. The number of hydrogen-bond donors (Lipinski definition) is 1. The number of anilines is 2. The first kappa shape index (κ1) is 30.3. The van der Waals surface area contributed by atoms with Crippen LogP contribution < -0.4 is 10.1 Å². The molecule has 0 spiro atoms. The summed E-state index contributed by atoms with van der Waals surface area (Å²) >= 11 is 0.951. The van der Waals surface area contributed by atoms with E-state index in [0.29, 0.717) is 17.1 Å². The van der Waals surface area contributed by atoms with Crippen LogP contribution in [0.25, 0.3) is 0 Å².